The van der Waals surface area contributed by atoms with Crippen LogP contribution in [0.1, 0.15) is 25.8 Å². The molecular formula is C16H18F2N2O. The minimum atomic E-state index is -0.823. The molecule has 0 aliphatic rings. The van der Waals surface area contributed by atoms with Crippen LogP contribution in [0.15, 0.2) is 30.3 Å². The molecule has 112 valence electrons. The molecule has 0 amide bonds. The van der Waals surface area contributed by atoms with Gasteiger partial charge in [0.25, 0.3) is 5.88 Å². The summed E-state index contributed by atoms with van der Waals surface area (Å²) in [5, 5.41) is 2.81. The first-order valence-electron chi connectivity index (χ1n) is 7.00. The highest BCUT2D eigenvalue weighted by molar-refractivity contribution is 5.41. The Balaban J connectivity index is 2.25. The van der Waals surface area contributed by atoms with E-state index in [1.54, 1.807) is 6.07 Å². The van der Waals surface area contributed by atoms with E-state index >= 15 is 0 Å². The molecule has 0 bridgehead atoms. The second kappa shape index (κ2) is 7.02. The highest BCUT2D eigenvalue weighted by atomic mass is 19.1. The van der Waals surface area contributed by atoms with Crippen molar-refractivity contribution < 1.29 is 13.5 Å². The van der Waals surface area contributed by atoms with Crippen molar-refractivity contribution in [1.29, 1.82) is 0 Å². The molecule has 5 heteroatoms. The van der Waals surface area contributed by atoms with Gasteiger partial charge in [-0.1, -0.05) is 26.0 Å². The summed E-state index contributed by atoms with van der Waals surface area (Å²) in [5.74, 6) is -1.30. The second-order valence-electron chi connectivity index (χ2n) is 4.64. The molecule has 1 aromatic heterocycles. The van der Waals surface area contributed by atoms with Crippen LogP contribution in [0, 0.1) is 11.6 Å². The van der Waals surface area contributed by atoms with Gasteiger partial charge in [-0.3, -0.25) is 0 Å². The first kappa shape index (κ1) is 15.2. The number of rotatable bonds is 6. The zero-order chi connectivity index (χ0) is 15.2. The van der Waals surface area contributed by atoms with Gasteiger partial charge in [0.1, 0.15) is 5.75 Å². The molecule has 21 heavy (non-hydrogen) atoms. The molecule has 2 rings (SSSR count). The van der Waals surface area contributed by atoms with Gasteiger partial charge >= 0.3 is 0 Å². The Morgan fingerprint density at radius 1 is 1.14 bits per heavy atom. The fourth-order valence-corrected chi connectivity index (χ4v) is 1.83. The summed E-state index contributed by atoms with van der Waals surface area (Å²) >= 11 is 0. The monoisotopic (exact) mass is 292 g/mol. The maximum Gasteiger partial charge on any atom is 0.258 e. The van der Waals surface area contributed by atoms with Crippen molar-refractivity contribution in [2.45, 2.75) is 26.7 Å². The number of aromatic nitrogens is 1. The van der Waals surface area contributed by atoms with Crippen molar-refractivity contribution in [2.75, 3.05) is 11.9 Å². The lowest BCUT2D eigenvalue weighted by Gasteiger charge is -2.10. The minimum absolute atomic E-state index is 0.0000962. The first-order chi connectivity index (χ1) is 10.1. The molecular weight excluding hydrogens is 274 g/mol. The Bertz CT molecular complexity index is 617. The van der Waals surface area contributed by atoms with Crippen LogP contribution in [0.4, 0.5) is 14.6 Å². The number of halogens is 2. The smallest absolute Gasteiger partial charge is 0.258 e. The zero-order valence-electron chi connectivity index (χ0n) is 12.1. The number of benzene rings is 1. The lowest BCUT2D eigenvalue weighted by Crippen LogP contribution is -2.06. The Kier molecular flexibility index (Phi) is 5.09. The zero-order valence-corrected chi connectivity index (χ0v) is 12.1. The van der Waals surface area contributed by atoms with Crippen molar-refractivity contribution in [3.05, 3.63) is 47.5 Å². The quantitative estimate of drug-likeness (QED) is 0.849. The van der Waals surface area contributed by atoms with Crippen LogP contribution >= 0.6 is 0 Å². The lowest BCUT2D eigenvalue weighted by atomic mass is 10.2. The number of nitrogens with one attached hydrogen (secondary N) is 1. The summed E-state index contributed by atoms with van der Waals surface area (Å²) in [6.45, 7) is 4.52. The molecule has 2 aromatic rings. The van der Waals surface area contributed by atoms with Gasteiger partial charge in [-0.15, -0.1) is 0 Å². The molecule has 3 nitrogen and oxygen atoms in total. The molecule has 0 fully saturated rings. The van der Waals surface area contributed by atoms with E-state index in [1.807, 2.05) is 32.0 Å². The predicted molar refractivity (Wildman–Crippen MR) is 78.8 cm³/mol. The largest absolute Gasteiger partial charge is 0.436 e. The van der Waals surface area contributed by atoms with Crippen LogP contribution in [0.5, 0.6) is 11.6 Å². The number of pyridine rings is 1. The van der Waals surface area contributed by atoms with E-state index in [2.05, 4.69) is 10.3 Å². The van der Waals surface area contributed by atoms with Gasteiger partial charge in [0.15, 0.2) is 17.5 Å². The summed E-state index contributed by atoms with van der Waals surface area (Å²) in [5.41, 5.74) is 1.07. The second-order valence-corrected chi connectivity index (χ2v) is 4.64. The molecule has 1 N–H and O–H groups in total. The van der Waals surface area contributed by atoms with E-state index in [-0.39, 0.29) is 11.7 Å². The van der Waals surface area contributed by atoms with Gasteiger partial charge in [0.05, 0.1) is 0 Å². The summed E-state index contributed by atoms with van der Waals surface area (Å²) in [4.78, 5) is 3.88. The average molecular weight is 292 g/mol. The molecule has 0 unspecified atom stereocenters. The van der Waals surface area contributed by atoms with Crippen LogP contribution in [0.3, 0.4) is 0 Å². The van der Waals surface area contributed by atoms with Crippen LogP contribution < -0.4 is 10.1 Å². The molecule has 0 spiro atoms. The SMILES string of the molecule is CCCNc1nc(Oc2cccc(CC)c2)c(F)cc1F. The molecule has 0 atom stereocenters. The van der Waals surface area contributed by atoms with Crippen LogP contribution in [-0.4, -0.2) is 11.5 Å². The Hall–Kier alpha value is -2.17. The van der Waals surface area contributed by atoms with Gasteiger partial charge in [0.2, 0.25) is 0 Å². The van der Waals surface area contributed by atoms with E-state index in [0.29, 0.717) is 12.3 Å². The lowest BCUT2D eigenvalue weighted by molar-refractivity contribution is 0.417. The fraction of sp³-hybridized carbons (Fsp3) is 0.312. The normalized spacial score (nSPS) is 10.5. The Morgan fingerprint density at radius 3 is 2.67 bits per heavy atom. The highest BCUT2D eigenvalue weighted by Gasteiger charge is 2.13. The summed E-state index contributed by atoms with van der Waals surface area (Å²) in [6, 6.07) is 8.08. The van der Waals surface area contributed by atoms with Gasteiger partial charge in [-0.25, -0.2) is 8.78 Å². The number of aryl methyl sites for hydroxylation is 1. The third kappa shape index (κ3) is 3.90. The number of anilines is 1. The first-order valence-corrected chi connectivity index (χ1v) is 7.00. The van der Waals surface area contributed by atoms with Crippen LogP contribution in [0.25, 0.3) is 0 Å². The number of ether oxygens (including phenoxy) is 1. The molecule has 0 saturated carbocycles. The molecule has 1 heterocycles. The van der Waals surface area contributed by atoms with Crippen molar-refractivity contribution >= 4 is 5.82 Å². The van der Waals surface area contributed by atoms with Crippen molar-refractivity contribution in [2.24, 2.45) is 0 Å². The van der Waals surface area contributed by atoms with Crippen molar-refractivity contribution in [1.82, 2.24) is 4.98 Å². The van der Waals surface area contributed by atoms with Crippen molar-refractivity contribution in [3.8, 4) is 11.6 Å². The standard InChI is InChI=1S/C16H18F2N2O/c1-3-8-19-15-13(17)10-14(18)16(20-15)21-12-7-5-6-11(4-2)9-12/h5-7,9-10H,3-4,8H2,1-2H3,(H,19,20). The molecule has 0 aliphatic heterocycles. The van der Waals surface area contributed by atoms with E-state index in [0.717, 1.165) is 24.5 Å². The average Bonchev–Trinajstić information content (AvgIpc) is 2.49. The Labute approximate surface area is 123 Å². The summed E-state index contributed by atoms with van der Waals surface area (Å²) in [7, 11) is 0. The summed E-state index contributed by atoms with van der Waals surface area (Å²) in [6.07, 6.45) is 1.66. The maximum atomic E-state index is 13.8. The predicted octanol–water partition coefficient (Wildman–Crippen LogP) is 4.54. The number of nitrogens with zero attached hydrogens (tertiary/aromatic N) is 1. The summed E-state index contributed by atoms with van der Waals surface area (Å²) < 4.78 is 32.8. The molecule has 1 aromatic carbocycles. The molecule has 0 aliphatic carbocycles. The van der Waals surface area contributed by atoms with Gasteiger partial charge in [-0.05, 0) is 30.5 Å². The highest BCUT2D eigenvalue weighted by Crippen LogP contribution is 2.26. The maximum absolute atomic E-state index is 13.8. The van der Waals surface area contributed by atoms with Gasteiger partial charge < -0.3 is 10.1 Å². The van der Waals surface area contributed by atoms with E-state index in [9.17, 15) is 8.78 Å². The fourth-order valence-electron chi connectivity index (χ4n) is 1.83. The van der Waals surface area contributed by atoms with E-state index in [4.69, 9.17) is 4.74 Å². The van der Waals surface area contributed by atoms with E-state index in [1.165, 1.54) is 0 Å². The molecule has 0 radical (unpaired) electrons. The number of hydrogen-bond acceptors (Lipinski definition) is 3. The third-order valence-corrected chi connectivity index (χ3v) is 2.96. The van der Waals surface area contributed by atoms with E-state index < -0.39 is 11.6 Å². The third-order valence-electron chi connectivity index (χ3n) is 2.96. The van der Waals surface area contributed by atoms with Crippen LogP contribution in [-0.2, 0) is 6.42 Å². The van der Waals surface area contributed by atoms with Crippen molar-refractivity contribution in [3.63, 3.8) is 0 Å². The van der Waals surface area contributed by atoms with Gasteiger partial charge in [0, 0.05) is 12.6 Å². The number of hydrogen-bond donors (Lipinski definition) is 1. The topological polar surface area (TPSA) is 34.2 Å². The van der Waals surface area contributed by atoms with Gasteiger partial charge in [-0.2, -0.15) is 4.98 Å². The van der Waals surface area contributed by atoms with Crippen LogP contribution in [0.2, 0.25) is 0 Å². The minimum Gasteiger partial charge on any atom is -0.436 e. The Morgan fingerprint density at radius 2 is 1.95 bits per heavy atom. The molecule has 0 saturated heterocycles.